The van der Waals surface area contributed by atoms with Crippen molar-refractivity contribution in [1.29, 1.82) is 0 Å². The minimum absolute atomic E-state index is 0.00843. The van der Waals surface area contributed by atoms with E-state index in [4.69, 9.17) is 9.16 Å². The van der Waals surface area contributed by atoms with Gasteiger partial charge in [0.2, 0.25) is 8.32 Å². The highest BCUT2D eigenvalue weighted by Crippen LogP contribution is 2.65. The Morgan fingerprint density at radius 2 is 1.97 bits per heavy atom. The molecule has 0 N–H and O–H groups in total. The average molecular weight is 455 g/mol. The number of esters is 1. The van der Waals surface area contributed by atoms with E-state index in [1.165, 1.54) is 23.6 Å². The third-order valence-electron chi connectivity index (χ3n) is 8.19. The molecular formula is C27H38O4Si. The lowest BCUT2D eigenvalue weighted by Crippen LogP contribution is -2.42. The Hall–Kier alpha value is -1.88. The van der Waals surface area contributed by atoms with Gasteiger partial charge in [-0.05, 0) is 93.1 Å². The lowest BCUT2D eigenvalue weighted by molar-refractivity contribution is -0.140. The lowest BCUT2D eigenvalue weighted by Gasteiger charge is -2.51. The first kappa shape index (κ1) is 23.3. The van der Waals surface area contributed by atoms with Crippen molar-refractivity contribution in [2.75, 3.05) is 6.61 Å². The van der Waals surface area contributed by atoms with Crippen LogP contribution < -0.4 is 0 Å². The molecule has 2 fully saturated rings. The predicted octanol–water partition coefficient (Wildman–Crippen LogP) is 6.13. The van der Waals surface area contributed by atoms with Crippen molar-refractivity contribution >= 4 is 20.1 Å². The van der Waals surface area contributed by atoms with Gasteiger partial charge in [-0.25, -0.2) is 0 Å². The number of fused-ring (bicyclic) bond motifs is 5. The summed E-state index contributed by atoms with van der Waals surface area (Å²) >= 11 is 0. The monoisotopic (exact) mass is 454 g/mol. The van der Waals surface area contributed by atoms with Crippen molar-refractivity contribution in [3.05, 3.63) is 46.8 Å². The molecule has 0 aromatic heterocycles. The molecule has 0 bridgehead atoms. The van der Waals surface area contributed by atoms with Crippen LogP contribution in [0.5, 0.6) is 0 Å². The average Bonchev–Trinajstić information content (AvgIpc) is 2.95. The van der Waals surface area contributed by atoms with Crippen LogP contribution in [0.1, 0.15) is 53.4 Å². The summed E-state index contributed by atoms with van der Waals surface area (Å²) in [5.74, 6) is 2.20. The zero-order chi connectivity index (χ0) is 23.5. The van der Waals surface area contributed by atoms with Crippen molar-refractivity contribution in [2.24, 2.45) is 28.6 Å². The summed E-state index contributed by atoms with van der Waals surface area (Å²) in [6.45, 7) is 15.3. The Morgan fingerprint density at radius 3 is 2.62 bits per heavy atom. The van der Waals surface area contributed by atoms with E-state index in [9.17, 15) is 9.59 Å². The highest BCUT2D eigenvalue weighted by atomic mass is 28.4. The fraction of sp³-hybridized carbons (Fsp3) is 0.630. The molecule has 2 saturated carbocycles. The SMILES string of the molecule is CC(=O)OCC(O[Si](C)(C)C)=C1[C@H](C)C[C@H]2[C@@H]3CCC4=CC(=O)C=C[C@]4(C)C3=CC[C@]12C. The summed E-state index contributed by atoms with van der Waals surface area (Å²) in [7, 11) is -1.87. The van der Waals surface area contributed by atoms with Crippen molar-refractivity contribution in [2.45, 2.75) is 73.0 Å². The number of rotatable bonds is 4. The van der Waals surface area contributed by atoms with Crippen LogP contribution in [0, 0.1) is 28.6 Å². The number of hydrogen-bond acceptors (Lipinski definition) is 4. The van der Waals surface area contributed by atoms with Crippen LogP contribution in [-0.2, 0) is 18.8 Å². The van der Waals surface area contributed by atoms with Gasteiger partial charge in [-0.15, -0.1) is 0 Å². The van der Waals surface area contributed by atoms with E-state index < -0.39 is 8.32 Å². The van der Waals surface area contributed by atoms with Gasteiger partial charge < -0.3 is 9.16 Å². The lowest BCUT2D eigenvalue weighted by atomic mass is 9.53. The molecule has 0 aliphatic heterocycles. The van der Waals surface area contributed by atoms with E-state index in [1.807, 2.05) is 6.08 Å². The van der Waals surface area contributed by atoms with E-state index in [2.05, 4.69) is 52.6 Å². The Morgan fingerprint density at radius 1 is 1.25 bits per heavy atom. The number of ether oxygens (including phenoxy) is 1. The van der Waals surface area contributed by atoms with Crippen LogP contribution >= 0.6 is 0 Å². The summed E-state index contributed by atoms with van der Waals surface area (Å²) in [6, 6.07) is 0. The zero-order valence-electron chi connectivity index (χ0n) is 20.7. The number of allylic oxidation sites excluding steroid dienone is 7. The van der Waals surface area contributed by atoms with E-state index in [0.29, 0.717) is 17.8 Å². The molecule has 4 aliphatic rings. The zero-order valence-corrected chi connectivity index (χ0v) is 21.7. The highest BCUT2D eigenvalue weighted by molar-refractivity contribution is 6.70. The standard InChI is InChI=1S/C27H38O4Si/c1-17-14-23-21-9-8-19-15-20(29)10-12-26(19,3)22(21)11-13-27(23,4)25(17)24(16-30-18(2)28)31-32(5,6)7/h10-12,15,17,21,23H,8-9,13-14,16H2,1-7H3/t17-,21-,23+,26+,27+/m1/s1. The Bertz CT molecular complexity index is 963. The highest BCUT2D eigenvalue weighted by Gasteiger charge is 2.56. The normalized spacial score (nSPS) is 37.6. The van der Waals surface area contributed by atoms with Crippen LogP contribution in [-0.4, -0.2) is 26.7 Å². The maximum atomic E-state index is 12.0. The van der Waals surface area contributed by atoms with Crippen molar-refractivity contribution in [3.8, 4) is 0 Å². The second-order valence-corrected chi connectivity index (χ2v) is 16.0. The van der Waals surface area contributed by atoms with Crippen LogP contribution in [0.15, 0.2) is 46.8 Å². The third-order valence-corrected chi connectivity index (χ3v) is 9.05. The molecule has 4 nitrogen and oxygen atoms in total. The van der Waals surface area contributed by atoms with Gasteiger partial charge in [-0.2, -0.15) is 0 Å². The van der Waals surface area contributed by atoms with E-state index in [0.717, 1.165) is 31.4 Å². The summed E-state index contributed by atoms with van der Waals surface area (Å²) in [4.78, 5) is 23.6. The molecule has 0 radical (unpaired) electrons. The summed E-state index contributed by atoms with van der Waals surface area (Å²) in [5, 5.41) is 0. The molecular weight excluding hydrogens is 416 g/mol. The van der Waals surface area contributed by atoms with Gasteiger partial charge in [-0.3, -0.25) is 9.59 Å². The molecule has 0 heterocycles. The number of carbonyl (C=O) groups excluding carboxylic acids is 2. The van der Waals surface area contributed by atoms with Crippen molar-refractivity contribution in [3.63, 3.8) is 0 Å². The Balaban J connectivity index is 1.76. The molecule has 0 aromatic rings. The van der Waals surface area contributed by atoms with Crippen LogP contribution in [0.2, 0.25) is 19.6 Å². The molecule has 0 unspecified atom stereocenters. The van der Waals surface area contributed by atoms with E-state index >= 15 is 0 Å². The molecule has 32 heavy (non-hydrogen) atoms. The van der Waals surface area contributed by atoms with E-state index in [1.54, 1.807) is 6.08 Å². The first-order chi connectivity index (χ1) is 14.8. The second-order valence-electron chi connectivity index (χ2n) is 11.6. The molecule has 0 amide bonds. The van der Waals surface area contributed by atoms with Gasteiger partial charge in [0.1, 0.15) is 12.4 Å². The van der Waals surface area contributed by atoms with Gasteiger partial charge in [-0.1, -0.05) is 37.1 Å². The molecule has 0 saturated heterocycles. The van der Waals surface area contributed by atoms with Gasteiger partial charge >= 0.3 is 5.97 Å². The topological polar surface area (TPSA) is 52.6 Å². The van der Waals surface area contributed by atoms with Crippen LogP contribution in [0.4, 0.5) is 0 Å². The molecule has 4 aliphatic carbocycles. The minimum Gasteiger partial charge on any atom is -0.545 e. The maximum Gasteiger partial charge on any atom is 0.303 e. The predicted molar refractivity (Wildman–Crippen MR) is 129 cm³/mol. The first-order valence-electron chi connectivity index (χ1n) is 12.1. The maximum absolute atomic E-state index is 12.0. The van der Waals surface area contributed by atoms with Crippen molar-refractivity contribution < 1.29 is 18.8 Å². The fourth-order valence-corrected chi connectivity index (χ4v) is 7.89. The smallest absolute Gasteiger partial charge is 0.303 e. The van der Waals surface area contributed by atoms with Gasteiger partial charge in [0, 0.05) is 12.3 Å². The molecule has 5 heteroatoms. The summed E-state index contributed by atoms with van der Waals surface area (Å²) < 4.78 is 12.0. The number of hydrogen-bond donors (Lipinski definition) is 0. The Labute approximate surface area is 194 Å². The van der Waals surface area contributed by atoms with Crippen LogP contribution in [0.3, 0.4) is 0 Å². The van der Waals surface area contributed by atoms with Gasteiger partial charge in [0.05, 0.1) is 0 Å². The molecule has 0 aromatic carbocycles. The van der Waals surface area contributed by atoms with Gasteiger partial charge in [0.25, 0.3) is 0 Å². The number of carbonyl (C=O) groups is 2. The summed E-state index contributed by atoms with van der Waals surface area (Å²) in [6.07, 6.45) is 12.4. The fourth-order valence-electron chi connectivity index (χ4n) is 6.98. The van der Waals surface area contributed by atoms with E-state index in [-0.39, 0.29) is 29.2 Å². The Kier molecular flexibility index (Phi) is 5.72. The third kappa shape index (κ3) is 3.87. The number of ketones is 1. The second kappa shape index (κ2) is 7.86. The summed E-state index contributed by atoms with van der Waals surface area (Å²) in [5.41, 5.74) is 4.03. The molecule has 174 valence electrons. The first-order valence-corrected chi connectivity index (χ1v) is 15.5. The molecule has 4 rings (SSSR count). The van der Waals surface area contributed by atoms with Crippen molar-refractivity contribution in [1.82, 2.24) is 0 Å². The minimum atomic E-state index is -1.87. The quantitative estimate of drug-likeness (QED) is 0.222. The largest absolute Gasteiger partial charge is 0.545 e. The molecule has 5 atom stereocenters. The molecule has 0 spiro atoms. The van der Waals surface area contributed by atoms with Crippen LogP contribution in [0.25, 0.3) is 0 Å². The van der Waals surface area contributed by atoms with Gasteiger partial charge in [0.15, 0.2) is 5.78 Å².